The molecule has 2 unspecified atom stereocenters. The van der Waals surface area contributed by atoms with Crippen molar-refractivity contribution in [3.8, 4) is 0 Å². The van der Waals surface area contributed by atoms with Gasteiger partial charge >= 0.3 is 0 Å². The molecule has 0 bridgehead atoms. The number of hydrogen-bond acceptors (Lipinski definition) is 2. The van der Waals surface area contributed by atoms with Gasteiger partial charge in [-0.3, -0.25) is 4.79 Å². The first-order chi connectivity index (χ1) is 9.02. The van der Waals surface area contributed by atoms with Crippen molar-refractivity contribution < 1.29 is 9.18 Å². The topological polar surface area (TPSA) is 55.1 Å². The van der Waals surface area contributed by atoms with Gasteiger partial charge in [0.25, 0.3) is 5.91 Å². The van der Waals surface area contributed by atoms with Crippen molar-refractivity contribution in [2.45, 2.75) is 25.3 Å². The van der Waals surface area contributed by atoms with Crippen molar-refractivity contribution in [1.82, 2.24) is 5.32 Å². The number of nitrogens with one attached hydrogen (secondary N) is 1. The number of hydrogen-bond donors (Lipinski definition) is 2. The van der Waals surface area contributed by atoms with Crippen molar-refractivity contribution in [3.05, 3.63) is 33.6 Å². The minimum absolute atomic E-state index is 0.0345. The lowest BCUT2D eigenvalue weighted by Gasteiger charge is -2.19. The summed E-state index contributed by atoms with van der Waals surface area (Å²) in [6.07, 6.45) is 2.93. The molecule has 1 aromatic rings. The lowest BCUT2D eigenvalue weighted by Crippen LogP contribution is -2.40. The van der Waals surface area contributed by atoms with Gasteiger partial charge in [-0.1, -0.05) is 29.6 Å². The van der Waals surface area contributed by atoms with E-state index in [1.54, 1.807) is 0 Å². The zero-order valence-electron chi connectivity index (χ0n) is 10.3. The highest BCUT2D eigenvalue weighted by atomic mass is 35.5. The largest absolute Gasteiger partial charge is 0.349 e. The Kier molecular flexibility index (Phi) is 4.66. The normalized spacial score (nSPS) is 22.5. The monoisotopic (exact) mass is 304 g/mol. The number of rotatable bonds is 3. The van der Waals surface area contributed by atoms with Gasteiger partial charge in [-0.2, -0.15) is 0 Å². The minimum Gasteiger partial charge on any atom is -0.349 e. The third-order valence-electron chi connectivity index (χ3n) is 3.53. The van der Waals surface area contributed by atoms with Crippen LogP contribution in [0, 0.1) is 11.7 Å². The van der Waals surface area contributed by atoms with E-state index in [-0.39, 0.29) is 33.5 Å². The van der Waals surface area contributed by atoms with E-state index < -0.39 is 5.82 Å². The molecule has 104 valence electrons. The molecule has 0 aliphatic heterocycles. The van der Waals surface area contributed by atoms with Crippen LogP contribution < -0.4 is 11.1 Å². The van der Waals surface area contributed by atoms with E-state index >= 15 is 0 Å². The fraction of sp³-hybridized carbons (Fsp3) is 0.462. The highest BCUT2D eigenvalue weighted by Crippen LogP contribution is 2.27. The number of carbonyl (C=O) groups excluding carboxylic acids is 1. The van der Waals surface area contributed by atoms with E-state index in [4.69, 9.17) is 28.9 Å². The summed E-state index contributed by atoms with van der Waals surface area (Å²) in [7, 11) is 0. The molecule has 0 spiro atoms. The zero-order chi connectivity index (χ0) is 14.0. The molecule has 6 heteroatoms. The number of halogens is 3. The number of amides is 1. The third-order valence-corrected chi connectivity index (χ3v) is 4.14. The Labute approximate surface area is 121 Å². The first kappa shape index (κ1) is 14.6. The minimum atomic E-state index is -0.655. The van der Waals surface area contributed by atoms with Crippen LogP contribution in [-0.2, 0) is 0 Å². The maximum Gasteiger partial charge on any atom is 0.253 e. The van der Waals surface area contributed by atoms with Crippen molar-refractivity contribution >= 4 is 29.1 Å². The Bertz CT molecular complexity index is 496. The van der Waals surface area contributed by atoms with Gasteiger partial charge in [0, 0.05) is 6.04 Å². The van der Waals surface area contributed by atoms with Crippen LogP contribution in [0.1, 0.15) is 29.6 Å². The third kappa shape index (κ3) is 3.19. The van der Waals surface area contributed by atoms with E-state index in [1.165, 1.54) is 6.07 Å². The number of carbonyl (C=O) groups is 1. The molecule has 1 aliphatic carbocycles. The Balaban J connectivity index is 2.14. The molecular formula is C13H15Cl2FN2O. The molecule has 3 nitrogen and oxygen atoms in total. The van der Waals surface area contributed by atoms with Gasteiger partial charge in [0.1, 0.15) is 5.82 Å². The smallest absolute Gasteiger partial charge is 0.253 e. The van der Waals surface area contributed by atoms with Crippen LogP contribution in [0.4, 0.5) is 4.39 Å². The van der Waals surface area contributed by atoms with Crippen LogP contribution in [0.25, 0.3) is 0 Å². The maximum atomic E-state index is 13.4. The summed E-state index contributed by atoms with van der Waals surface area (Å²) in [5.41, 5.74) is 5.76. The Hall–Kier alpha value is -0.840. The van der Waals surface area contributed by atoms with Crippen molar-refractivity contribution in [1.29, 1.82) is 0 Å². The summed E-state index contributed by atoms with van der Waals surface area (Å²) >= 11 is 11.5. The van der Waals surface area contributed by atoms with Crippen LogP contribution >= 0.6 is 23.2 Å². The first-order valence-electron chi connectivity index (χ1n) is 6.18. The zero-order valence-corrected chi connectivity index (χ0v) is 11.8. The van der Waals surface area contributed by atoms with Gasteiger partial charge in [-0.25, -0.2) is 4.39 Å². The predicted octanol–water partition coefficient (Wildman–Crippen LogP) is 2.99. The fourth-order valence-corrected chi connectivity index (χ4v) is 2.92. The Morgan fingerprint density at radius 2 is 2.11 bits per heavy atom. The highest BCUT2D eigenvalue weighted by molar-refractivity contribution is 6.36. The molecule has 1 fully saturated rings. The average molecular weight is 305 g/mol. The number of benzene rings is 1. The van der Waals surface area contributed by atoms with Crippen molar-refractivity contribution in [2.24, 2.45) is 11.7 Å². The predicted molar refractivity (Wildman–Crippen MR) is 74.1 cm³/mol. The summed E-state index contributed by atoms with van der Waals surface area (Å²) in [6.45, 7) is 0.535. The van der Waals surface area contributed by atoms with Crippen molar-refractivity contribution in [2.75, 3.05) is 6.54 Å². The van der Waals surface area contributed by atoms with Crippen LogP contribution in [0.15, 0.2) is 12.1 Å². The van der Waals surface area contributed by atoms with Crippen LogP contribution in [0.5, 0.6) is 0 Å². The molecule has 1 saturated carbocycles. The van der Waals surface area contributed by atoms with Gasteiger partial charge in [-0.15, -0.1) is 0 Å². The average Bonchev–Trinajstić information content (AvgIpc) is 2.80. The number of nitrogens with two attached hydrogens (primary N) is 1. The van der Waals surface area contributed by atoms with Gasteiger partial charge in [0.15, 0.2) is 0 Å². The molecule has 2 atom stereocenters. The van der Waals surface area contributed by atoms with Crippen LogP contribution in [-0.4, -0.2) is 18.5 Å². The lowest BCUT2D eigenvalue weighted by atomic mass is 10.0. The molecule has 0 saturated heterocycles. The van der Waals surface area contributed by atoms with E-state index in [0.717, 1.165) is 25.3 Å². The molecule has 2 rings (SSSR count). The van der Waals surface area contributed by atoms with E-state index in [1.807, 2.05) is 0 Å². The molecule has 1 aliphatic rings. The van der Waals surface area contributed by atoms with E-state index in [2.05, 4.69) is 5.32 Å². The highest BCUT2D eigenvalue weighted by Gasteiger charge is 2.28. The standard InChI is InChI=1S/C13H15Cl2FN2O/c14-9-5-10(15)11(16)4-8(9)13(19)18-12-3-1-2-7(12)6-17/h4-5,7,12H,1-3,6,17H2,(H,18,19). The second kappa shape index (κ2) is 6.07. The Morgan fingerprint density at radius 1 is 1.37 bits per heavy atom. The summed E-state index contributed by atoms with van der Waals surface area (Å²) in [6, 6.07) is 2.33. The Morgan fingerprint density at radius 3 is 2.79 bits per heavy atom. The first-order valence-corrected chi connectivity index (χ1v) is 6.94. The summed E-state index contributed by atoms with van der Waals surface area (Å²) in [5, 5.41) is 2.92. The van der Waals surface area contributed by atoms with Gasteiger partial charge in [-0.05, 0) is 37.4 Å². The van der Waals surface area contributed by atoms with Gasteiger partial charge in [0.2, 0.25) is 0 Å². The van der Waals surface area contributed by atoms with Crippen LogP contribution in [0.2, 0.25) is 10.0 Å². The summed E-state index contributed by atoms with van der Waals surface area (Å²) < 4.78 is 13.4. The molecule has 1 aromatic carbocycles. The molecule has 0 heterocycles. The summed E-state index contributed by atoms with van der Waals surface area (Å²) in [4.78, 5) is 12.1. The van der Waals surface area contributed by atoms with E-state index in [0.29, 0.717) is 6.54 Å². The second-order valence-corrected chi connectivity index (χ2v) is 5.57. The molecule has 0 aromatic heterocycles. The molecule has 0 radical (unpaired) electrons. The maximum absolute atomic E-state index is 13.4. The van der Waals surface area contributed by atoms with Crippen LogP contribution in [0.3, 0.4) is 0 Å². The second-order valence-electron chi connectivity index (χ2n) is 4.75. The summed E-state index contributed by atoms with van der Waals surface area (Å²) in [5.74, 6) is -0.760. The van der Waals surface area contributed by atoms with E-state index in [9.17, 15) is 9.18 Å². The SMILES string of the molecule is NCC1CCCC1NC(=O)c1cc(F)c(Cl)cc1Cl. The quantitative estimate of drug-likeness (QED) is 0.844. The van der Waals surface area contributed by atoms with Gasteiger partial charge in [0.05, 0.1) is 15.6 Å². The molecule has 3 N–H and O–H groups in total. The fourth-order valence-electron chi connectivity index (χ4n) is 2.45. The molecular weight excluding hydrogens is 290 g/mol. The molecule has 19 heavy (non-hydrogen) atoms. The van der Waals surface area contributed by atoms with Crippen molar-refractivity contribution in [3.63, 3.8) is 0 Å². The van der Waals surface area contributed by atoms with Gasteiger partial charge < -0.3 is 11.1 Å². The lowest BCUT2D eigenvalue weighted by molar-refractivity contribution is 0.0928. The molecule has 1 amide bonds.